The van der Waals surface area contributed by atoms with E-state index in [1.54, 1.807) is 6.07 Å². The lowest BCUT2D eigenvalue weighted by Gasteiger charge is -2.30. The smallest absolute Gasteiger partial charge is 0.345 e. The molecule has 0 radical (unpaired) electrons. The summed E-state index contributed by atoms with van der Waals surface area (Å²) in [6.07, 6.45) is 7.09. The van der Waals surface area contributed by atoms with Crippen LogP contribution in [0.5, 0.6) is 0 Å². The van der Waals surface area contributed by atoms with Crippen molar-refractivity contribution in [1.82, 2.24) is 5.32 Å². The third-order valence-corrected chi connectivity index (χ3v) is 5.09. The van der Waals surface area contributed by atoms with E-state index in [1.165, 1.54) is 38.2 Å². The first-order chi connectivity index (χ1) is 9.61. The number of carboxylic acids is 1. The summed E-state index contributed by atoms with van der Waals surface area (Å²) in [7, 11) is 0. The van der Waals surface area contributed by atoms with Crippen LogP contribution in [0.25, 0.3) is 0 Å². The average Bonchev–Trinajstić information content (AvgIpc) is 2.95. The van der Waals surface area contributed by atoms with Gasteiger partial charge in [0.2, 0.25) is 0 Å². The molecule has 1 unspecified atom stereocenters. The van der Waals surface area contributed by atoms with E-state index in [0.717, 1.165) is 17.8 Å². The number of nitrogens with one attached hydrogen (secondary N) is 1. The Morgan fingerprint density at radius 1 is 1.30 bits per heavy atom. The number of hydrogen-bond acceptors (Lipinski definition) is 3. The Morgan fingerprint density at radius 3 is 2.50 bits per heavy atom. The van der Waals surface area contributed by atoms with Gasteiger partial charge >= 0.3 is 5.97 Å². The van der Waals surface area contributed by atoms with Crippen molar-refractivity contribution >= 4 is 23.2 Å². The highest BCUT2D eigenvalue weighted by Crippen LogP contribution is 2.28. The summed E-state index contributed by atoms with van der Waals surface area (Å²) in [5.74, 6) is -0.551. The maximum atomic E-state index is 12.2. The van der Waals surface area contributed by atoms with Crippen molar-refractivity contribution in [1.29, 1.82) is 0 Å². The first-order valence-electron chi connectivity index (χ1n) is 7.25. The lowest BCUT2D eigenvalue weighted by atomic mass is 9.83. The van der Waals surface area contributed by atoms with E-state index >= 15 is 0 Å². The van der Waals surface area contributed by atoms with Crippen LogP contribution in [0.15, 0.2) is 12.1 Å². The Labute approximate surface area is 123 Å². The molecule has 1 aromatic heterocycles. The number of carbonyl (C=O) groups excluding carboxylic acids is 1. The maximum Gasteiger partial charge on any atom is 0.345 e. The molecule has 110 valence electrons. The Bertz CT molecular complexity index is 477. The minimum absolute atomic E-state index is 0.139. The molecule has 5 heteroatoms. The first kappa shape index (κ1) is 15.0. The van der Waals surface area contributed by atoms with Crippen molar-refractivity contribution in [2.75, 3.05) is 0 Å². The van der Waals surface area contributed by atoms with Crippen LogP contribution in [0.2, 0.25) is 0 Å². The van der Waals surface area contributed by atoms with Crippen LogP contribution in [0.1, 0.15) is 64.8 Å². The van der Waals surface area contributed by atoms with Gasteiger partial charge in [0, 0.05) is 6.04 Å². The lowest BCUT2D eigenvalue weighted by Crippen LogP contribution is -2.40. The second kappa shape index (κ2) is 6.88. The van der Waals surface area contributed by atoms with Crippen LogP contribution in [0, 0.1) is 5.92 Å². The van der Waals surface area contributed by atoms with Crippen LogP contribution in [0.4, 0.5) is 0 Å². The lowest BCUT2D eigenvalue weighted by molar-refractivity contribution is 0.0702. The Morgan fingerprint density at radius 2 is 1.95 bits per heavy atom. The van der Waals surface area contributed by atoms with Gasteiger partial charge in [0.15, 0.2) is 0 Å². The van der Waals surface area contributed by atoms with Crippen LogP contribution in [-0.2, 0) is 0 Å². The number of carboxylic acid groups (broad SMARTS) is 1. The quantitative estimate of drug-likeness (QED) is 0.873. The monoisotopic (exact) mass is 295 g/mol. The molecule has 0 spiro atoms. The highest BCUT2D eigenvalue weighted by Gasteiger charge is 2.24. The summed E-state index contributed by atoms with van der Waals surface area (Å²) >= 11 is 1.04. The summed E-state index contributed by atoms with van der Waals surface area (Å²) in [4.78, 5) is 23.7. The number of thiophene rings is 1. The minimum Gasteiger partial charge on any atom is -0.477 e. The van der Waals surface area contributed by atoms with Gasteiger partial charge in [-0.3, -0.25) is 4.79 Å². The predicted molar refractivity (Wildman–Crippen MR) is 79.4 cm³/mol. The summed E-state index contributed by atoms with van der Waals surface area (Å²) in [6.45, 7) is 2.09. The second-order valence-corrected chi connectivity index (χ2v) is 6.44. The Balaban J connectivity index is 1.98. The second-order valence-electron chi connectivity index (χ2n) is 5.36. The first-order valence-corrected chi connectivity index (χ1v) is 8.07. The van der Waals surface area contributed by atoms with E-state index in [2.05, 4.69) is 12.2 Å². The zero-order valence-corrected chi connectivity index (χ0v) is 12.5. The van der Waals surface area contributed by atoms with E-state index in [-0.39, 0.29) is 16.8 Å². The van der Waals surface area contributed by atoms with Gasteiger partial charge in [-0.2, -0.15) is 0 Å². The summed E-state index contributed by atoms with van der Waals surface area (Å²) < 4.78 is 0. The van der Waals surface area contributed by atoms with Gasteiger partial charge in [0.25, 0.3) is 5.91 Å². The van der Waals surface area contributed by atoms with Gasteiger partial charge in [-0.25, -0.2) is 4.79 Å². The SMILES string of the molecule is CCC(NC(=O)c1ccc(C(=O)O)s1)C1CCCCC1. The standard InChI is InChI=1S/C15H21NO3S/c1-2-11(10-6-4-3-5-7-10)16-14(17)12-8-9-13(20-12)15(18)19/h8-11H,2-7H2,1H3,(H,16,17)(H,18,19). The molecule has 1 saturated carbocycles. The topological polar surface area (TPSA) is 66.4 Å². The summed E-state index contributed by atoms with van der Waals surface area (Å²) in [5.41, 5.74) is 0. The molecule has 2 rings (SSSR count). The average molecular weight is 295 g/mol. The molecule has 1 aliphatic carbocycles. The van der Waals surface area contributed by atoms with Crippen LogP contribution >= 0.6 is 11.3 Å². The molecule has 0 saturated heterocycles. The molecule has 1 amide bonds. The number of amides is 1. The number of aromatic carboxylic acids is 1. The van der Waals surface area contributed by atoms with Gasteiger partial charge in [-0.05, 0) is 37.3 Å². The Hall–Kier alpha value is -1.36. The van der Waals surface area contributed by atoms with E-state index in [4.69, 9.17) is 5.11 Å². The molecule has 1 aromatic rings. The number of carbonyl (C=O) groups is 2. The molecule has 1 fully saturated rings. The van der Waals surface area contributed by atoms with Crippen molar-refractivity contribution in [3.63, 3.8) is 0 Å². The molecule has 0 aliphatic heterocycles. The molecule has 20 heavy (non-hydrogen) atoms. The van der Waals surface area contributed by atoms with Crippen molar-refractivity contribution in [2.45, 2.75) is 51.5 Å². The highest BCUT2D eigenvalue weighted by atomic mass is 32.1. The molecule has 0 bridgehead atoms. The van der Waals surface area contributed by atoms with Crippen LogP contribution in [-0.4, -0.2) is 23.0 Å². The fraction of sp³-hybridized carbons (Fsp3) is 0.600. The molecule has 1 aliphatic rings. The van der Waals surface area contributed by atoms with E-state index in [0.29, 0.717) is 10.8 Å². The largest absolute Gasteiger partial charge is 0.477 e. The fourth-order valence-electron chi connectivity index (χ4n) is 2.90. The van der Waals surface area contributed by atoms with Crippen molar-refractivity contribution < 1.29 is 14.7 Å². The van der Waals surface area contributed by atoms with Crippen LogP contribution in [0.3, 0.4) is 0 Å². The molecule has 1 atom stereocenters. The van der Waals surface area contributed by atoms with Crippen molar-refractivity contribution in [3.05, 3.63) is 21.9 Å². The van der Waals surface area contributed by atoms with E-state index in [9.17, 15) is 9.59 Å². The zero-order valence-electron chi connectivity index (χ0n) is 11.7. The minimum atomic E-state index is -0.978. The van der Waals surface area contributed by atoms with Gasteiger partial charge in [0.05, 0.1) is 4.88 Å². The highest BCUT2D eigenvalue weighted by molar-refractivity contribution is 7.15. The van der Waals surface area contributed by atoms with E-state index in [1.807, 2.05) is 0 Å². The van der Waals surface area contributed by atoms with Crippen LogP contribution < -0.4 is 5.32 Å². The molecular formula is C15H21NO3S. The third-order valence-electron chi connectivity index (χ3n) is 4.02. The molecule has 0 aromatic carbocycles. The van der Waals surface area contributed by atoms with Crippen molar-refractivity contribution in [2.24, 2.45) is 5.92 Å². The third kappa shape index (κ3) is 3.60. The molecule has 2 N–H and O–H groups in total. The fourth-order valence-corrected chi connectivity index (χ4v) is 3.65. The molecular weight excluding hydrogens is 274 g/mol. The van der Waals surface area contributed by atoms with Gasteiger partial charge in [-0.15, -0.1) is 11.3 Å². The summed E-state index contributed by atoms with van der Waals surface area (Å²) in [5, 5.41) is 12.0. The van der Waals surface area contributed by atoms with Crippen molar-refractivity contribution in [3.8, 4) is 0 Å². The van der Waals surface area contributed by atoms with Gasteiger partial charge < -0.3 is 10.4 Å². The number of hydrogen-bond donors (Lipinski definition) is 2. The maximum absolute atomic E-state index is 12.2. The van der Waals surface area contributed by atoms with Gasteiger partial charge in [0.1, 0.15) is 4.88 Å². The molecule has 4 nitrogen and oxygen atoms in total. The molecule has 1 heterocycles. The number of rotatable bonds is 5. The predicted octanol–water partition coefficient (Wildman–Crippen LogP) is 3.54. The van der Waals surface area contributed by atoms with E-state index < -0.39 is 5.97 Å². The normalized spacial score (nSPS) is 17.6. The zero-order chi connectivity index (χ0) is 14.5. The summed E-state index contributed by atoms with van der Waals surface area (Å²) in [6, 6.07) is 3.29. The van der Waals surface area contributed by atoms with Gasteiger partial charge in [-0.1, -0.05) is 26.2 Å². The Kier molecular flexibility index (Phi) is 5.17.